The molecule has 1 saturated heterocycles. The molecule has 1 atom stereocenters. The Hall–Kier alpha value is -2.77. The molecule has 1 fully saturated rings. The first kappa shape index (κ1) is 23.5. The largest absolute Gasteiger partial charge is 0.465 e. The van der Waals surface area contributed by atoms with Crippen LogP contribution in [0.2, 0.25) is 0 Å². The number of hydrogen-bond donors (Lipinski definition) is 0. The summed E-state index contributed by atoms with van der Waals surface area (Å²) in [7, 11) is 1.32. The molecule has 1 aromatic carbocycles. The number of piperazine rings is 1. The Morgan fingerprint density at radius 2 is 1.40 bits per heavy atom. The average Bonchev–Trinajstić information content (AvgIpc) is 2.64. The summed E-state index contributed by atoms with van der Waals surface area (Å²) in [6, 6.07) is 6.36. The van der Waals surface area contributed by atoms with Crippen LogP contribution in [0, 0.1) is 0 Å². The van der Waals surface area contributed by atoms with Gasteiger partial charge in [-0.3, -0.25) is 4.90 Å². The number of carbonyl (C=O) groups excluding carboxylic acids is 3. The van der Waals surface area contributed by atoms with E-state index in [4.69, 9.17) is 14.2 Å². The number of benzene rings is 1. The predicted molar refractivity (Wildman–Crippen MR) is 111 cm³/mol. The zero-order valence-electron chi connectivity index (χ0n) is 18.9. The fourth-order valence-electron chi connectivity index (χ4n) is 3.06. The summed E-state index contributed by atoms with van der Waals surface area (Å²) in [4.78, 5) is 40.3. The van der Waals surface area contributed by atoms with Crippen LogP contribution >= 0.6 is 0 Å². The molecule has 0 spiro atoms. The monoisotopic (exact) mass is 420 g/mol. The Labute approximate surface area is 178 Å². The summed E-state index contributed by atoms with van der Waals surface area (Å²) in [6.45, 7) is 11.8. The molecular weight excluding hydrogens is 388 g/mol. The van der Waals surface area contributed by atoms with E-state index in [-0.39, 0.29) is 6.54 Å². The van der Waals surface area contributed by atoms with E-state index in [0.717, 1.165) is 5.56 Å². The lowest BCUT2D eigenvalue weighted by molar-refractivity contribution is -0.0152. The molecule has 1 aliphatic rings. The maximum atomic E-state index is 12.8. The van der Waals surface area contributed by atoms with Crippen LogP contribution in [0.4, 0.5) is 9.59 Å². The second-order valence-corrected chi connectivity index (χ2v) is 9.23. The van der Waals surface area contributed by atoms with Crippen LogP contribution in [0.25, 0.3) is 0 Å². The number of nitrogens with zero attached hydrogens (tertiary/aromatic N) is 2. The molecule has 166 valence electrons. The summed E-state index contributed by atoms with van der Waals surface area (Å²) >= 11 is 0. The molecule has 8 nitrogen and oxygen atoms in total. The predicted octanol–water partition coefficient (Wildman–Crippen LogP) is 4.00. The van der Waals surface area contributed by atoms with Gasteiger partial charge in [-0.2, -0.15) is 0 Å². The highest BCUT2D eigenvalue weighted by molar-refractivity contribution is 5.89. The maximum Gasteiger partial charge on any atom is 0.410 e. The Morgan fingerprint density at radius 3 is 1.90 bits per heavy atom. The van der Waals surface area contributed by atoms with Crippen molar-refractivity contribution in [1.29, 1.82) is 0 Å². The highest BCUT2D eigenvalue weighted by Crippen LogP contribution is 2.28. The zero-order chi connectivity index (χ0) is 22.7. The summed E-state index contributed by atoms with van der Waals surface area (Å²) < 4.78 is 15.8. The number of esters is 1. The highest BCUT2D eigenvalue weighted by Gasteiger charge is 2.37. The number of ether oxygens (including phenoxy) is 3. The molecule has 8 heteroatoms. The normalized spacial score (nSPS) is 17.4. The number of rotatable bonds is 2. The third-order valence-corrected chi connectivity index (χ3v) is 4.38. The summed E-state index contributed by atoms with van der Waals surface area (Å²) in [6.07, 6.45) is -0.879. The number of hydrogen-bond acceptors (Lipinski definition) is 6. The second-order valence-electron chi connectivity index (χ2n) is 9.23. The van der Waals surface area contributed by atoms with E-state index in [0.29, 0.717) is 18.7 Å². The molecule has 0 aromatic heterocycles. The van der Waals surface area contributed by atoms with Crippen molar-refractivity contribution in [2.45, 2.75) is 58.8 Å². The van der Waals surface area contributed by atoms with E-state index in [1.54, 1.807) is 34.1 Å². The van der Waals surface area contributed by atoms with E-state index in [2.05, 4.69) is 0 Å². The molecule has 1 aliphatic heterocycles. The van der Waals surface area contributed by atoms with E-state index < -0.39 is 35.4 Å². The first-order chi connectivity index (χ1) is 13.8. The zero-order valence-corrected chi connectivity index (χ0v) is 18.9. The first-order valence-electron chi connectivity index (χ1n) is 9.96. The average molecular weight is 421 g/mol. The number of amides is 2. The van der Waals surface area contributed by atoms with Gasteiger partial charge in [-0.05, 0) is 59.2 Å². The lowest BCUT2D eigenvalue weighted by atomic mass is 10.0. The van der Waals surface area contributed by atoms with Crippen molar-refractivity contribution in [3.05, 3.63) is 35.4 Å². The topological polar surface area (TPSA) is 85.4 Å². The van der Waals surface area contributed by atoms with Crippen molar-refractivity contribution in [3.8, 4) is 0 Å². The van der Waals surface area contributed by atoms with Crippen LogP contribution in [0.1, 0.15) is 63.5 Å². The number of carbonyl (C=O) groups is 3. The molecule has 2 rings (SSSR count). The number of methoxy groups -OCH3 is 1. The van der Waals surface area contributed by atoms with Gasteiger partial charge in [0.15, 0.2) is 0 Å². The van der Waals surface area contributed by atoms with Crippen LogP contribution in [0.5, 0.6) is 0 Å². The maximum absolute atomic E-state index is 12.8. The van der Waals surface area contributed by atoms with Gasteiger partial charge in [0.05, 0.1) is 18.7 Å². The van der Waals surface area contributed by atoms with Gasteiger partial charge in [0.2, 0.25) is 0 Å². The van der Waals surface area contributed by atoms with Crippen LogP contribution in [0.15, 0.2) is 24.3 Å². The fourth-order valence-corrected chi connectivity index (χ4v) is 3.06. The quantitative estimate of drug-likeness (QED) is 0.531. The minimum atomic E-state index is -0.640. The molecule has 1 aromatic rings. The SMILES string of the molecule is COC(=O)c1ccc([C@H]2CN(C(=O)OC(C)(C)C)CCN2C(=O)OC(C)(C)C)cc1. The third-order valence-electron chi connectivity index (χ3n) is 4.38. The molecule has 2 amide bonds. The molecule has 0 bridgehead atoms. The fraction of sp³-hybridized carbons (Fsp3) is 0.591. The Bertz CT molecular complexity index is 776. The highest BCUT2D eigenvalue weighted by atomic mass is 16.6. The molecule has 0 radical (unpaired) electrons. The molecule has 0 N–H and O–H groups in total. The van der Waals surface area contributed by atoms with Crippen LogP contribution < -0.4 is 0 Å². The minimum Gasteiger partial charge on any atom is -0.465 e. The van der Waals surface area contributed by atoms with Gasteiger partial charge < -0.3 is 19.1 Å². The molecule has 0 unspecified atom stereocenters. The van der Waals surface area contributed by atoms with Crippen molar-refractivity contribution in [2.24, 2.45) is 0 Å². The Morgan fingerprint density at radius 1 is 0.867 bits per heavy atom. The Kier molecular flexibility index (Phi) is 7.00. The van der Waals surface area contributed by atoms with E-state index in [1.165, 1.54) is 7.11 Å². The van der Waals surface area contributed by atoms with Crippen LogP contribution in [-0.2, 0) is 14.2 Å². The second kappa shape index (κ2) is 8.93. The molecular formula is C22H32N2O6. The van der Waals surface area contributed by atoms with Crippen LogP contribution in [-0.4, -0.2) is 65.9 Å². The van der Waals surface area contributed by atoms with Gasteiger partial charge in [-0.25, -0.2) is 14.4 Å². The van der Waals surface area contributed by atoms with Crippen LogP contribution in [0.3, 0.4) is 0 Å². The lowest BCUT2D eigenvalue weighted by Gasteiger charge is -2.42. The molecule has 1 heterocycles. The third kappa shape index (κ3) is 6.37. The Balaban J connectivity index is 2.29. The summed E-state index contributed by atoms with van der Waals surface area (Å²) in [5, 5.41) is 0. The van der Waals surface area contributed by atoms with Gasteiger partial charge in [0.1, 0.15) is 11.2 Å². The van der Waals surface area contributed by atoms with Gasteiger partial charge >= 0.3 is 18.2 Å². The van der Waals surface area contributed by atoms with Gasteiger partial charge in [-0.15, -0.1) is 0 Å². The first-order valence-corrected chi connectivity index (χ1v) is 9.96. The lowest BCUT2D eigenvalue weighted by Crippen LogP contribution is -2.54. The molecule has 0 aliphatic carbocycles. The van der Waals surface area contributed by atoms with Crippen molar-refractivity contribution >= 4 is 18.2 Å². The minimum absolute atomic E-state index is 0.256. The van der Waals surface area contributed by atoms with Crippen molar-refractivity contribution in [3.63, 3.8) is 0 Å². The van der Waals surface area contributed by atoms with E-state index in [1.807, 2.05) is 41.5 Å². The van der Waals surface area contributed by atoms with E-state index >= 15 is 0 Å². The summed E-state index contributed by atoms with van der Waals surface area (Å²) in [5.74, 6) is -0.440. The van der Waals surface area contributed by atoms with Gasteiger partial charge in [-0.1, -0.05) is 12.1 Å². The smallest absolute Gasteiger partial charge is 0.410 e. The van der Waals surface area contributed by atoms with Crippen molar-refractivity contribution < 1.29 is 28.6 Å². The van der Waals surface area contributed by atoms with Gasteiger partial charge in [0.25, 0.3) is 0 Å². The molecule has 0 saturated carbocycles. The standard InChI is InChI=1S/C22H32N2O6/c1-21(2,3)29-19(26)23-12-13-24(20(27)30-22(4,5)6)17(14-23)15-8-10-16(11-9-15)18(25)28-7/h8-11,17H,12-14H2,1-7H3/t17-/m1/s1. The van der Waals surface area contributed by atoms with Gasteiger partial charge in [0, 0.05) is 19.6 Å². The van der Waals surface area contributed by atoms with Crippen molar-refractivity contribution in [2.75, 3.05) is 26.7 Å². The molecule has 30 heavy (non-hydrogen) atoms. The summed E-state index contributed by atoms with van der Waals surface area (Å²) in [5.41, 5.74) is -0.0675. The van der Waals surface area contributed by atoms with Crippen molar-refractivity contribution in [1.82, 2.24) is 9.80 Å². The van der Waals surface area contributed by atoms with E-state index in [9.17, 15) is 14.4 Å².